The average Bonchev–Trinajstić information content (AvgIpc) is 3.23. The molecule has 1 aliphatic heterocycles. The Hall–Kier alpha value is -2.89. The molecule has 2 heterocycles. The van der Waals surface area contributed by atoms with E-state index in [2.05, 4.69) is 9.88 Å². The number of carbonyl (C=O) groups excluding carboxylic acids is 2. The van der Waals surface area contributed by atoms with Crippen molar-refractivity contribution in [3.8, 4) is 5.88 Å². The van der Waals surface area contributed by atoms with Gasteiger partial charge >= 0.3 is 0 Å². The summed E-state index contributed by atoms with van der Waals surface area (Å²) in [6.07, 6.45) is 3.09. The Morgan fingerprint density at radius 2 is 1.87 bits per heavy atom. The van der Waals surface area contributed by atoms with Crippen LogP contribution in [0.25, 0.3) is 0 Å². The third-order valence-electron chi connectivity index (χ3n) is 5.01. The van der Waals surface area contributed by atoms with Crippen LogP contribution in [0, 0.1) is 0 Å². The lowest BCUT2D eigenvalue weighted by molar-refractivity contribution is 0.103. The van der Waals surface area contributed by atoms with Crippen LogP contribution < -0.4 is 9.64 Å². The molecule has 1 fully saturated rings. The highest BCUT2D eigenvalue weighted by molar-refractivity contribution is 6.31. The van der Waals surface area contributed by atoms with Gasteiger partial charge in [-0.2, -0.15) is 0 Å². The van der Waals surface area contributed by atoms with E-state index in [1.54, 1.807) is 54.7 Å². The molecule has 30 heavy (non-hydrogen) atoms. The molecule has 0 radical (unpaired) electrons. The minimum atomic E-state index is -0.159. The van der Waals surface area contributed by atoms with Gasteiger partial charge in [0.1, 0.15) is 11.1 Å². The maximum absolute atomic E-state index is 12.7. The number of rotatable bonds is 6. The van der Waals surface area contributed by atoms with Crippen LogP contribution in [-0.2, 0) is 0 Å². The van der Waals surface area contributed by atoms with E-state index in [0.29, 0.717) is 39.2 Å². The highest BCUT2D eigenvalue weighted by Crippen LogP contribution is 2.29. The maximum Gasteiger partial charge on any atom is 0.232 e. The molecule has 4 rings (SSSR count). The molecule has 0 unspecified atom stereocenters. The van der Waals surface area contributed by atoms with Crippen molar-refractivity contribution in [2.45, 2.75) is 12.5 Å². The zero-order valence-corrected chi connectivity index (χ0v) is 17.4. The highest BCUT2D eigenvalue weighted by atomic mass is 35.5. The number of anilines is 1. The standard InChI is InChI=1S/C23H18Cl2N2O3/c24-18-6-3-15(4-7-18)22(29)16-5-8-21(17(12-16)14-28)27-11-9-19(13-27)30-23-20(25)2-1-10-26-23/h1-8,10,12,14,19H,9,11,13H2/t19-/m0/s1. The van der Waals surface area contributed by atoms with Crippen LogP contribution in [-0.4, -0.2) is 36.2 Å². The van der Waals surface area contributed by atoms with Gasteiger partial charge in [-0.1, -0.05) is 23.2 Å². The molecule has 1 atom stereocenters. The summed E-state index contributed by atoms with van der Waals surface area (Å²) < 4.78 is 5.92. The first-order valence-corrected chi connectivity index (χ1v) is 10.2. The summed E-state index contributed by atoms with van der Waals surface area (Å²) in [5.41, 5.74) is 2.21. The topological polar surface area (TPSA) is 59.5 Å². The number of aromatic nitrogens is 1. The predicted octanol–water partition coefficient (Wildman–Crippen LogP) is 5.09. The second-order valence-corrected chi connectivity index (χ2v) is 7.84. The fraction of sp³-hybridized carbons (Fsp3) is 0.174. The van der Waals surface area contributed by atoms with Crippen molar-refractivity contribution in [3.05, 3.63) is 87.5 Å². The number of ether oxygens (including phenoxy) is 1. The number of hydrogen-bond acceptors (Lipinski definition) is 5. The molecule has 5 nitrogen and oxygen atoms in total. The average molecular weight is 441 g/mol. The van der Waals surface area contributed by atoms with Gasteiger partial charge in [0.2, 0.25) is 5.88 Å². The normalized spacial score (nSPS) is 15.8. The van der Waals surface area contributed by atoms with Crippen molar-refractivity contribution in [2.75, 3.05) is 18.0 Å². The number of benzene rings is 2. The number of nitrogens with zero attached hydrogens (tertiary/aromatic N) is 2. The lowest BCUT2D eigenvalue weighted by Gasteiger charge is -2.21. The zero-order chi connectivity index (χ0) is 21.1. The largest absolute Gasteiger partial charge is 0.471 e. The Labute approximate surface area is 184 Å². The van der Waals surface area contributed by atoms with Crippen molar-refractivity contribution >= 4 is 41.0 Å². The van der Waals surface area contributed by atoms with Crippen molar-refractivity contribution < 1.29 is 14.3 Å². The number of ketones is 1. The van der Waals surface area contributed by atoms with Crippen LogP contribution in [0.5, 0.6) is 5.88 Å². The van der Waals surface area contributed by atoms with Gasteiger partial charge in [-0.05, 0) is 54.6 Å². The van der Waals surface area contributed by atoms with Gasteiger partial charge < -0.3 is 9.64 Å². The van der Waals surface area contributed by atoms with E-state index < -0.39 is 0 Å². The first-order valence-electron chi connectivity index (χ1n) is 9.47. The highest BCUT2D eigenvalue weighted by Gasteiger charge is 2.27. The van der Waals surface area contributed by atoms with Crippen LogP contribution in [0.2, 0.25) is 10.0 Å². The van der Waals surface area contributed by atoms with Gasteiger partial charge in [0, 0.05) is 46.6 Å². The Morgan fingerprint density at radius 1 is 1.10 bits per heavy atom. The summed E-state index contributed by atoms with van der Waals surface area (Å²) in [7, 11) is 0. The van der Waals surface area contributed by atoms with E-state index in [1.165, 1.54) is 0 Å². The minimum absolute atomic E-state index is 0.0905. The summed E-state index contributed by atoms with van der Waals surface area (Å²) >= 11 is 12.0. The third-order valence-corrected chi connectivity index (χ3v) is 5.55. The fourth-order valence-electron chi connectivity index (χ4n) is 3.51. The SMILES string of the molecule is O=Cc1cc(C(=O)c2ccc(Cl)cc2)ccc1N1CC[C@H](Oc2ncccc2Cl)C1. The van der Waals surface area contributed by atoms with Crippen molar-refractivity contribution in [1.82, 2.24) is 4.98 Å². The number of aldehydes is 1. The lowest BCUT2D eigenvalue weighted by Crippen LogP contribution is -2.25. The third kappa shape index (κ3) is 4.32. The van der Waals surface area contributed by atoms with Crippen LogP contribution in [0.3, 0.4) is 0 Å². The van der Waals surface area contributed by atoms with Gasteiger partial charge in [-0.25, -0.2) is 4.98 Å². The molecule has 7 heteroatoms. The van der Waals surface area contributed by atoms with Gasteiger partial charge in [0.25, 0.3) is 0 Å². The summed E-state index contributed by atoms with van der Waals surface area (Å²) in [5, 5.41) is 1.03. The molecule has 3 aromatic rings. The summed E-state index contributed by atoms with van der Waals surface area (Å²) in [6.45, 7) is 1.32. The van der Waals surface area contributed by atoms with E-state index in [0.717, 1.165) is 24.9 Å². The number of carbonyl (C=O) groups is 2. The van der Waals surface area contributed by atoms with Gasteiger partial charge in [-0.3, -0.25) is 9.59 Å². The first kappa shape index (κ1) is 20.4. The molecule has 0 N–H and O–H groups in total. The Kier molecular flexibility index (Phi) is 6.02. The first-order chi connectivity index (χ1) is 14.5. The molecule has 0 saturated carbocycles. The van der Waals surface area contributed by atoms with E-state index in [9.17, 15) is 9.59 Å². The van der Waals surface area contributed by atoms with Gasteiger partial charge in [0.15, 0.2) is 12.1 Å². The molecule has 1 aliphatic rings. The molecule has 0 spiro atoms. The number of hydrogen-bond donors (Lipinski definition) is 0. The van der Waals surface area contributed by atoms with Crippen LogP contribution in [0.4, 0.5) is 5.69 Å². The second kappa shape index (κ2) is 8.86. The van der Waals surface area contributed by atoms with E-state index in [1.807, 2.05) is 6.07 Å². The van der Waals surface area contributed by atoms with Gasteiger partial charge in [-0.15, -0.1) is 0 Å². The molecule has 152 valence electrons. The summed E-state index contributed by atoms with van der Waals surface area (Å²) in [6, 6.07) is 15.3. The molecular weight excluding hydrogens is 423 g/mol. The predicted molar refractivity (Wildman–Crippen MR) is 117 cm³/mol. The smallest absolute Gasteiger partial charge is 0.232 e. The van der Waals surface area contributed by atoms with Crippen molar-refractivity contribution in [3.63, 3.8) is 0 Å². The van der Waals surface area contributed by atoms with Gasteiger partial charge in [0.05, 0.1) is 6.54 Å². The quantitative estimate of drug-likeness (QED) is 0.394. The van der Waals surface area contributed by atoms with Crippen molar-refractivity contribution in [2.24, 2.45) is 0 Å². The van der Waals surface area contributed by atoms with E-state index in [4.69, 9.17) is 27.9 Å². The molecule has 1 saturated heterocycles. The summed E-state index contributed by atoms with van der Waals surface area (Å²) in [4.78, 5) is 30.7. The van der Waals surface area contributed by atoms with E-state index >= 15 is 0 Å². The number of pyridine rings is 1. The second-order valence-electron chi connectivity index (χ2n) is 6.99. The molecule has 0 amide bonds. The van der Waals surface area contributed by atoms with Crippen LogP contribution in [0.1, 0.15) is 32.7 Å². The molecule has 0 aliphatic carbocycles. The molecule has 1 aromatic heterocycles. The molecular formula is C23H18Cl2N2O3. The van der Waals surface area contributed by atoms with Crippen LogP contribution in [0.15, 0.2) is 60.8 Å². The Morgan fingerprint density at radius 3 is 2.60 bits per heavy atom. The molecule has 0 bridgehead atoms. The maximum atomic E-state index is 12.7. The summed E-state index contributed by atoms with van der Waals surface area (Å²) in [5.74, 6) is 0.249. The van der Waals surface area contributed by atoms with Crippen molar-refractivity contribution in [1.29, 1.82) is 0 Å². The van der Waals surface area contributed by atoms with E-state index in [-0.39, 0.29) is 11.9 Å². The Balaban J connectivity index is 1.51. The monoisotopic (exact) mass is 440 g/mol. The van der Waals surface area contributed by atoms with Crippen LogP contribution >= 0.6 is 23.2 Å². The molecule has 2 aromatic carbocycles. The Bertz CT molecular complexity index is 1090. The lowest BCUT2D eigenvalue weighted by atomic mass is 10.0. The minimum Gasteiger partial charge on any atom is -0.471 e. The number of halogens is 2. The fourth-order valence-corrected chi connectivity index (χ4v) is 3.80. The zero-order valence-electron chi connectivity index (χ0n) is 15.9.